The van der Waals surface area contributed by atoms with Gasteiger partial charge in [0.25, 0.3) is 0 Å². The monoisotopic (exact) mass is 490 g/mol. The van der Waals surface area contributed by atoms with E-state index in [0.29, 0.717) is 24.8 Å². The predicted molar refractivity (Wildman–Crippen MR) is 121 cm³/mol. The Kier molecular flexibility index (Phi) is 6.59. The molecule has 0 bridgehead atoms. The highest BCUT2D eigenvalue weighted by Gasteiger charge is 2.79. The molecule has 1 spiro atoms. The van der Waals surface area contributed by atoms with Gasteiger partial charge in [0.15, 0.2) is 5.78 Å². The van der Waals surface area contributed by atoms with Gasteiger partial charge in [-0.05, 0) is 42.6 Å². The highest BCUT2D eigenvalue weighted by atomic mass is 16.6. The number of esters is 3. The molecular formula is C26H34O9. The first-order valence-corrected chi connectivity index (χ1v) is 12.1. The van der Waals surface area contributed by atoms with Gasteiger partial charge in [-0.3, -0.25) is 19.2 Å². The Morgan fingerprint density at radius 3 is 2.23 bits per heavy atom. The second-order valence-electron chi connectivity index (χ2n) is 10.6. The summed E-state index contributed by atoms with van der Waals surface area (Å²) in [5.41, 5.74) is -2.00. The van der Waals surface area contributed by atoms with Crippen LogP contribution in [0.1, 0.15) is 70.7 Å². The molecule has 1 aromatic rings. The Morgan fingerprint density at radius 2 is 1.69 bits per heavy atom. The molecule has 192 valence electrons. The summed E-state index contributed by atoms with van der Waals surface area (Å²) in [6.07, 6.45) is 3.49. The van der Waals surface area contributed by atoms with Crippen molar-refractivity contribution in [2.24, 2.45) is 22.7 Å². The molecule has 2 saturated carbocycles. The minimum absolute atomic E-state index is 0.000713. The molecule has 3 fully saturated rings. The summed E-state index contributed by atoms with van der Waals surface area (Å²) in [6, 6.07) is 1.65. The average Bonchev–Trinajstić information content (AvgIpc) is 3.35. The minimum Gasteiger partial charge on any atom is -0.472 e. The summed E-state index contributed by atoms with van der Waals surface area (Å²) < 4.78 is 28.5. The van der Waals surface area contributed by atoms with E-state index in [1.54, 1.807) is 6.07 Å². The molecule has 0 aromatic carbocycles. The quantitative estimate of drug-likeness (QED) is 0.245. The molecule has 9 heteroatoms. The van der Waals surface area contributed by atoms with Crippen molar-refractivity contribution in [3.63, 3.8) is 0 Å². The van der Waals surface area contributed by atoms with Crippen LogP contribution >= 0.6 is 0 Å². The van der Waals surface area contributed by atoms with E-state index in [0.717, 1.165) is 0 Å². The van der Waals surface area contributed by atoms with Gasteiger partial charge in [-0.2, -0.15) is 0 Å². The molecular weight excluding hydrogens is 456 g/mol. The summed E-state index contributed by atoms with van der Waals surface area (Å²) in [4.78, 5) is 49.5. The van der Waals surface area contributed by atoms with Gasteiger partial charge in [-0.15, -0.1) is 0 Å². The molecule has 9 nitrogen and oxygen atoms in total. The Bertz CT molecular complexity index is 994. The van der Waals surface area contributed by atoms with E-state index < -0.39 is 46.5 Å². The number of ketones is 1. The van der Waals surface area contributed by atoms with Gasteiger partial charge >= 0.3 is 17.9 Å². The van der Waals surface area contributed by atoms with Crippen molar-refractivity contribution in [3.05, 3.63) is 24.2 Å². The van der Waals surface area contributed by atoms with E-state index in [2.05, 4.69) is 13.8 Å². The summed E-state index contributed by atoms with van der Waals surface area (Å²) in [5, 5.41) is 0. The Hall–Kier alpha value is -2.68. The van der Waals surface area contributed by atoms with Gasteiger partial charge in [-0.1, -0.05) is 13.8 Å². The van der Waals surface area contributed by atoms with Gasteiger partial charge in [0, 0.05) is 27.2 Å². The number of rotatable bonds is 7. The van der Waals surface area contributed by atoms with Crippen molar-refractivity contribution in [1.82, 2.24) is 0 Å². The van der Waals surface area contributed by atoms with Gasteiger partial charge in [0.2, 0.25) is 0 Å². The summed E-state index contributed by atoms with van der Waals surface area (Å²) in [7, 11) is 0. The Labute approximate surface area is 204 Å². The Balaban J connectivity index is 1.83. The number of fused-ring (bicyclic) bond motifs is 2. The highest BCUT2D eigenvalue weighted by molar-refractivity contribution is 5.96. The standard InChI is InChI=1S/C26H34O9/c1-15-10-23(35-18(4)29)25(13-32-16(2)27)21(6-7-22(34-17(3)28)26(25)14-33-26)24(15,5)11-20(30)19-8-9-31-12-19/h8-9,12,15,21-23H,6-7,10-11,13-14H2,1-5H3. The molecule has 1 aromatic heterocycles. The molecule has 0 N–H and O–H groups in total. The summed E-state index contributed by atoms with van der Waals surface area (Å²) in [5.74, 6) is -1.62. The fourth-order valence-corrected chi connectivity index (χ4v) is 6.91. The molecule has 2 heterocycles. The van der Waals surface area contributed by atoms with E-state index in [9.17, 15) is 19.2 Å². The second kappa shape index (κ2) is 9.08. The van der Waals surface area contributed by atoms with Crippen LogP contribution < -0.4 is 0 Å². The summed E-state index contributed by atoms with van der Waals surface area (Å²) in [6.45, 7) is 8.38. The lowest BCUT2D eigenvalue weighted by Gasteiger charge is -2.63. The number of hydrogen-bond acceptors (Lipinski definition) is 9. The van der Waals surface area contributed by atoms with Crippen LogP contribution in [0.15, 0.2) is 23.0 Å². The van der Waals surface area contributed by atoms with Crippen LogP contribution in [0, 0.1) is 22.7 Å². The maximum Gasteiger partial charge on any atom is 0.303 e. The Morgan fingerprint density at radius 1 is 1.03 bits per heavy atom. The number of epoxide rings is 1. The normalized spacial score (nSPS) is 37.7. The molecule has 2 aliphatic carbocycles. The second-order valence-corrected chi connectivity index (χ2v) is 10.6. The average molecular weight is 491 g/mol. The number of carbonyl (C=O) groups is 4. The largest absolute Gasteiger partial charge is 0.472 e. The van der Waals surface area contributed by atoms with Gasteiger partial charge in [0.05, 0.1) is 23.8 Å². The lowest BCUT2D eigenvalue weighted by atomic mass is 9.42. The lowest BCUT2D eigenvalue weighted by molar-refractivity contribution is -0.247. The van der Waals surface area contributed by atoms with Crippen molar-refractivity contribution in [2.75, 3.05) is 13.2 Å². The molecule has 3 aliphatic rings. The lowest BCUT2D eigenvalue weighted by Crippen LogP contribution is -2.70. The van der Waals surface area contributed by atoms with Gasteiger partial charge < -0.3 is 23.4 Å². The molecule has 1 aliphatic heterocycles. The van der Waals surface area contributed by atoms with Gasteiger partial charge in [-0.25, -0.2) is 0 Å². The van der Waals surface area contributed by atoms with Crippen LogP contribution in [0.25, 0.3) is 0 Å². The van der Waals surface area contributed by atoms with Crippen LogP contribution in [0.5, 0.6) is 0 Å². The SMILES string of the molecule is CC(=O)OCC12C(OC(C)=O)CC(C)C(C)(CC(=O)c3ccoc3)C1CCC(OC(C)=O)C21CO1. The van der Waals surface area contributed by atoms with Crippen LogP contribution in [0.3, 0.4) is 0 Å². The number of carbonyl (C=O) groups excluding carboxylic acids is 4. The first-order valence-electron chi connectivity index (χ1n) is 12.1. The third kappa shape index (κ3) is 4.17. The fourth-order valence-electron chi connectivity index (χ4n) is 6.91. The van der Waals surface area contributed by atoms with E-state index in [-0.39, 0.29) is 37.3 Å². The maximum atomic E-state index is 13.3. The van der Waals surface area contributed by atoms with Crippen LogP contribution in [0.4, 0.5) is 0 Å². The zero-order valence-electron chi connectivity index (χ0n) is 21.0. The topological polar surface area (TPSA) is 122 Å². The molecule has 0 radical (unpaired) electrons. The smallest absolute Gasteiger partial charge is 0.303 e. The maximum absolute atomic E-state index is 13.3. The van der Waals surface area contributed by atoms with Crippen molar-refractivity contribution < 1.29 is 42.5 Å². The first kappa shape index (κ1) is 25.4. The highest BCUT2D eigenvalue weighted by Crippen LogP contribution is 2.69. The predicted octanol–water partition coefficient (Wildman–Crippen LogP) is 3.49. The van der Waals surface area contributed by atoms with Crippen LogP contribution in [-0.4, -0.2) is 54.7 Å². The molecule has 4 rings (SSSR count). The van der Waals surface area contributed by atoms with Crippen molar-refractivity contribution in [1.29, 1.82) is 0 Å². The number of Topliss-reactive ketones (excluding diaryl/α,β-unsaturated/α-hetero) is 1. The third-order valence-corrected chi connectivity index (χ3v) is 8.68. The molecule has 1 saturated heterocycles. The fraction of sp³-hybridized carbons (Fsp3) is 0.692. The van der Waals surface area contributed by atoms with Gasteiger partial charge in [0.1, 0.15) is 30.7 Å². The first-order chi connectivity index (χ1) is 16.5. The molecule has 35 heavy (non-hydrogen) atoms. The minimum atomic E-state index is -0.985. The third-order valence-electron chi connectivity index (χ3n) is 8.68. The number of ether oxygens (including phenoxy) is 4. The van der Waals surface area contributed by atoms with Crippen molar-refractivity contribution >= 4 is 23.7 Å². The van der Waals surface area contributed by atoms with Crippen LogP contribution in [0.2, 0.25) is 0 Å². The molecule has 7 unspecified atom stereocenters. The number of furan rings is 1. The summed E-state index contributed by atoms with van der Waals surface area (Å²) >= 11 is 0. The van der Waals surface area contributed by atoms with E-state index in [1.165, 1.54) is 33.3 Å². The van der Waals surface area contributed by atoms with Crippen molar-refractivity contribution in [2.45, 2.75) is 78.1 Å². The van der Waals surface area contributed by atoms with E-state index >= 15 is 0 Å². The molecule has 7 atom stereocenters. The zero-order valence-corrected chi connectivity index (χ0v) is 21.0. The zero-order chi connectivity index (χ0) is 25.6. The van der Waals surface area contributed by atoms with E-state index in [1.807, 2.05) is 0 Å². The van der Waals surface area contributed by atoms with Crippen LogP contribution in [-0.2, 0) is 33.3 Å². The van der Waals surface area contributed by atoms with E-state index in [4.69, 9.17) is 23.4 Å². The van der Waals surface area contributed by atoms with Crippen molar-refractivity contribution in [3.8, 4) is 0 Å². The number of hydrogen-bond donors (Lipinski definition) is 0. The molecule has 0 amide bonds.